The fourth-order valence-corrected chi connectivity index (χ4v) is 4.92. The van der Waals surface area contributed by atoms with Crippen LogP contribution in [-0.2, 0) is 9.59 Å². The molecule has 5 heteroatoms. The number of nitrogens with zero attached hydrogens (tertiary/aromatic N) is 2. The first-order valence-electron chi connectivity index (χ1n) is 10.3. The van der Waals surface area contributed by atoms with Gasteiger partial charge in [-0.15, -0.1) is 0 Å². The van der Waals surface area contributed by atoms with Crippen LogP contribution in [0.15, 0.2) is 0 Å². The minimum absolute atomic E-state index is 0.112. The second-order valence-corrected chi connectivity index (χ2v) is 8.54. The molecule has 3 rings (SSSR count). The van der Waals surface area contributed by atoms with Crippen LogP contribution >= 0.6 is 0 Å². The van der Waals surface area contributed by atoms with Crippen molar-refractivity contribution in [3.05, 3.63) is 0 Å². The highest BCUT2D eigenvalue weighted by molar-refractivity contribution is 5.83. The molecule has 0 saturated carbocycles. The molecule has 3 saturated heterocycles. The molecule has 5 nitrogen and oxygen atoms in total. The maximum Gasteiger partial charge on any atom is 0.237 e. The molecule has 0 aromatic rings. The molecule has 3 aliphatic rings. The second-order valence-electron chi connectivity index (χ2n) is 8.54. The van der Waals surface area contributed by atoms with Crippen molar-refractivity contribution in [3.8, 4) is 0 Å². The number of nitrogens with one attached hydrogen (secondary N) is 1. The van der Waals surface area contributed by atoms with Gasteiger partial charge in [0.2, 0.25) is 11.8 Å². The molecule has 25 heavy (non-hydrogen) atoms. The first-order valence-corrected chi connectivity index (χ1v) is 10.3. The molecule has 0 aromatic heterocycles. The smallest absolute Gasteiger partial charge is 0.237 e. The highest BCUT2D eigenvalue weighted by Gasteiger charge is 2.40. The van der Waals surface area contributed by atoms with Gasteiger partial charge in [-0.05, 0) is 56.9 Å². The van der Waals surface area contributed by atoms with Gasteiger partial charge < -0.3 is 10.2 Å². The Labute approximate surface area is 152 Å². The van der Waals surface area contributed by atoms with E-state index in [1.54, 1.807) is 0 Å². The Bertz CT molecular complexity index is 495. The van der Waals surface area contributed by atoms with Crippen LogP contribution in [0.25, 0.3) is 0 Å². The third kappa shape index (κ3) is 3.71. The highest BCUT2D eigenvalue weighted by atomic mass is 16.2. The molecule has 0 aromatic carbocycles. The summed E-state index contributed by atoms with van der Waals surface area (Å²) in [6, 6.07) is 0.112. The molecule has 2 unspecified atom stereocenters. The van der Waals surface area contributed by atoms with E-state index in [1.165, 1.54) is 6.42 Å². The Kier molecular flexibility index (Phi) is 5.71. The van der Waals surface area contributed by atoms with E-state index in [0.29, 0.717) is 17.7 Å². The van der Waals surface area contributed by atoms with E-state index in [1.807, 2.05) is 0 Å². The van der Waals surface area contributed by atoms with Gasteiger partial charge >= 0.3 is 0 Å². The van der Waals surface area contributed by atoms with Gasteiger partial charge in [-0.2, -0.15) is 0 Å². The zero-order chi connectivity index (χ0) is 18.0. The van der Waals surface area contributed by atoms with Crippen molar-refractivity contribution in [2.45, 2.75) is 65.3 Å². The Morgan fingerprint density at radius 3 is 2.28 bits per heavy atom. The van der Waals surface area contributed by atoms with E-state index in [2.05, 4.69) is 35.9 Å². The highest BCUT2D eigenvalue weighted by Crippen LogP contribution is 2.35. The molecule has 0 bridgehead atoms. The third-order valence-corrected chi connectivity index (χ3v) is 7.29. The van der Waals surface area contributed by atoms with Crippen molar-refractivity contribution in [1.29, 1.82) is 0 Å². The normalized spacial score (nSPS) is 29.2. The summed E-state index contributed by atoms with van der Waals surface area (Å²) in [5.74, 6) is 1.99. The second kappa shape index (κ2) is 7.65. The van der Waals surface area contributed by atoms with E-state index >= 15 is 0 Å². The lowest BCUT2D eigenvalue weighted by molar-refractivity contribution is -0.143. The van der Waals surface area contributed by atoms with Gasteiger partial charge in [0, 0.05) is 31.6 Å². The zero-order valence-corrected chi connectivity index (χ0v) is 16.2. The molecule has 1 N–H and O–H groups in total. The van der Waals surface area contributed by atoms with Crippen LogP contribution in [0, 0.1) is 17.3 Å². The van der Waals surface area contributed by atoms with E-state index in [-0.39, 0.29) is 17.4 Å². The first kappa shape index (κ1) is 18.7. The van der Waals surface area contributed by atoms with Gasteiger partial charge in [-0.25, -0.2) is 0 Å². The van der Waals surface area contributed by atoms with E-state index < -0.39 is 0 Å². The lowest BCUT2D eigenvalue weighted by Crippen LogP contribution is -2.47. The van der Waals surface area contributed by atoms with Crippen molar-refractivity contribution in [2.75, 3.05) is 32.7 Å². The van der Waals surface area contributed by atoms with Gasteiger partial charge in [0.1, 0.15) is 0 Å². The van der Waals surface area contributed by atoms with Gasteiger partial charge in [-0.1, -0.05) is 20.8 Å². The molecule has 3 fully saturated rings. The summed E-state index contributed by atoms with van der Waals surface area (Å²) in [6.07, 6.45) is 6.27. The van der Waals surface area contributed by atoms with Crippen LogP contribution in [0.5, 0.6) is 0 Å². The van der Waals surface area contributed by atoms with Crippen LogP contribution in [0.2, 0.25) is 0 Å². The van der Waals surface area contributed by atoms with Crippen LogP contribution in [0.4, 0.5) is 0 Å². The standard InChI is InChI=1S/C20H35N3O2/c1-4-20(3,5-2)19(25)22-11-7-15(8-12-22)16-9-13-23(14-16)17-6-10-21-18(17)24/h15-17H,4-14H2,1-3H3,(H,21,24). The lowest BCUT2D eigenvalue weighted by atomic mass is 9.80. The SMILES string of the molecule is CCC(C)(CC)C(=O)N1CCC(C2CCN(C3CCNC3=O)C2)CC1. The largest absolute Gasteiger partial charge is 0.355 e. The lowest BCUT2D eigenvalue weighted by Gasteiger charge is -2.39. The first-order chi connectivity index (χ1) is 12.0. The topological polar surface area (TPSA) is 52.7 Å². The quantitative estimate of drug-likeness (QED) is 0.828. The summed E-state index contributed by atoms with van der Waals surface area (Å²) in [7, 11) is 0. The minimum Gasteiger partial charge on any atom is -0.355 e. The summed E-state index contributed by atoms with van der Waals surface area (Å²) in [5.41, 5.74) is -0.188. The zero-order valence-electron chi connectivity index (χ0n) is 16.2. The van der Waals surface area contributed by atoms with Crippen molar-refractivity contribution >= 4 is 11.8 Å². The van der Waals surface area contributed by atoms with Crippen molar-refractivity contribution < 1.29 is 9.59 Å². The van der Waals surface area contributed by atoms with Crippen LogP contribution in [-0.4, -0.2) is 60.4 Å². The molecule has 3 aliphatic heterocycles. The maximum atomic E-state index is 12.8. The summed E-state index contributed by atoms with van der Waals surface area (Å²) in [5, 5.41) is 2.96. The Balaban J connectivity index is 1.50. The van der Waals surface area contributed by atoms with Gasteiger partial charge in [0.05, 0.1) is 6.04 Å². The fourth-order valence-electron chi connectivity index (χ4n) is 4.92. The number of likely N-dealkylation sites (tertiary alicyclic amines) is 2. The Morgan fingerprint density at radius 2 is 1.72 bits per heavy atom. The number of carbonyl (C=O) groups excluding carboxylic acids is 2. The van der Waals surface area contributed by atoms with Crippen LogP contribution in [0.3, 0.4) is 0 Å². The monoisotopic (exact) mass is 349 g/mol. The maximum absolute atomic E-state index is 12.8. The van der Waals surface area contributed by atoms with E-state index in [0.717, 1.165) is 64.8 Å². The molecule has 2 atom stereocenters. The molecule has 0 radical (unpaired) electrons. The van der Waals surface area contributed by atoms with Crippen LogP contribution < -0.4 is 5.32 Å². The predicted octanol–water partition coefficient (Wildman–Crippen LogP) is 2.26. The van der Waals surface area contributed by atoms with E-state index in [4.69, 9.17) is 0 Å². The van der Waals surface area contributed by atoms with Gasteiger partial charge in [0.25, 0.3) is 0 Å². The summed E-state index contributed by atoms with van der Waals surface area (Å²) < 4.78 is 0. The minimum atomic E-state index is -0.188. The number of hydrogen-bond donors (Lipinski definition) is 1. The predicted molar refractivity (Wildman–Crippen MR) is 99.1 cm³/mol. The fraction of sp³-hybridized carbons (Fsp3) is 0.900. The molecule has 142 valence electrons. The number of rotatable bonds is 5. The molecule has 2 amide bonds. The average molecular weight is 350 g/mol. The number of piperidine rings is 1. The van der Waals surface area contributed by atoms with E-state index in [9.17, 15) is 9.59 Å². The number of carbonyl (C=O) groups is 2. The molecular formula is C20H35N3O2. The molecular weight excluding hydrogens is 314 g/mol. The van der Waals surface area contributed by atoms with Gasteiger partial charge in [-0.3, -0.25) is 14.5 Å². The van der Waals surface area contributed by atoms with Crippen molar-refractivity contribution in [3.63, 3.8) is 0 Å². The Hall–Kier alpha value is -1.10. The summed E-state index contributed by atoms with van der Waals surface area (Å²) in [4.78, 5) is 29.3. The molecule has 0 spiro atoms. The summed E-state index contributed by atoms with van der Waals surface area (Å²) in [6.45, 7) is 11.2. The Morgan fingerprint density at radius 1 is 1.08 bits per heavy atom. The number of amides is 2. The molecule has 0 aliphatic carbocycles. The van der Waals surface area contributed by atoms with Crippen molar-refractivity contribution in [1.82, 2.24) is 15.1 Å². The third-order valence-electron chi connectivity index (χ3n) is 7.29. The number of hydrogen-bond acceptors (Lipinski definition) is 3. The molecule has 3 heterocycles. The summed E-state index contributed by atoms with van der Waals surface area (Å²) >= 11 is 0. The average Bonchev–Trinajstić information content (AvgIpc) is 3.29. The van der Waals surface area contributed by atoms with Crippen LogP contribution in [0.1, 0.15) is 59.3 Å². The van der Waals surface area contributed by atoms with Crippen molar-refractivity contribution in [2.24, 2.45) is 17.3 Å². The van der Waals surface area contributed by atoms with Gasteiger partial charge in [0.15, 0.2) is 0 Å².